The molecule has 0 aliphatic carbocycles. The molecule has 0 bridgehead atoms. The van der Waals surface area contributed by atoms with Gasteiger partial charge in [-0.3, -0.25) is 9.59 Å². The fourth-order valence-electron chi connectivity index (χ4n) is 2.55. The number of anilines is 1. The number of carbonyl (C=O) groups excluding carboxylic acids is 2. The minimum atomic E-state index is -0.300. The second-order valence-corrected chi connectivity index (χ2v) is 6.08. The molecule has 0 aliphatic rings. The number of rotatable bonds is 6. The average molecular weight is 342 g/mol. The van der Waals surface area contributed by atoms with E-state index in [2.05, 4.69) is 5.32 Å². The van der Waals surface area contributed by atoms with Crippen LogP contribution in [0.4, 0.5) is 10.1 Å². The van der Waals surface area contributed by atoms with E-state index in [1.54, 1.807) is 18.2 Å². The SMILES string of the molecule is CC(=O)N(CCc1ccccc1F)CC(=O)Nc1cccc(C)c1C. The van der Waals surface area contributed by atoms with Gasteiger partial charge >= 0.3 is 0 Å². The summed E-state index contributed by atoms with van der Waals surface area (Å²) in [6, 6.07) is 12.1. The second kappa shape index (κ2) is 8.42. The number of halogens is 1. The van der Waals surface area contributed by atoms with Crippen LogP contribution in [0.5, 0.6) is 0 Å². The molecule has 0 saturated carbocycles. The number of hydrogen-bond acceptors (Lipinski definition) is 2. The van der Waals surface area contributed by atoms with Crippen LogP contribution in [0.3, 0.4) is 0 Å². The molecule has 2 amide bonds. The maximum absolute atomic E-state index is 13.7. The van der Waals surface area contributed by atoms with E-state index >= 15 is 0 Å². The van der Waals surface area contributed by atoms with Crippen molar-refractivity contribution in [2.75, 3.05) is 18.4 Å². The van der Waals surface area contributed by atoms with E-state index in [9.17, 15) is 14.0 Å². The Morgan fingerprint density at radius 2 is 1.80 bits per heavy atom. The molecule has 0 radical (unpaired) electrons. The lowest BCUT2D eigenvalue weighted by Gasteiger charge is -2.21. The third-order valence-corrected chi connectivity index (χ3v) is 4.27. The molecule has 0 heterocycles. The van der Waals surface area contributed by atoms with Gasteiger partial charge in [-0.25, -0.2) is 4.39 Å². The number of nitrogens with one attached hydrogen (secondary N) is 1. The van der Waals surface area contributed by atoms with E-state index in [0.29, 0.717) is 12.0 Å². The van der Waals surface area contributed by atoms with Gasteiger partial charge in [0.15, 0.2) is 0 Å². The van der Waals surface area contributed by atoms with Gasteiger partial charge in [-0.15, -0.1) is 0 Å². The molecule has 132 valence electrons. The van der Waals surface area contributed by atoms with Crippen LogP contribution in [0, 0.1) is 19.7 Å². The highest BCUT2D eigenvalue weighted by atomic mass is 19.1. The van der Waals surface area contributed by atoms with Crippen molar-refractivity contribution < 1.29 is 14.0 Å². The lowest BCUT2D eigenvalue weighted by atomic mass is 10.1. The van der Waals surface area contributed by atoms with Gasteiger partial charge in [0.1, 0.15) is 5.82 Å². The molecule has 0 aliphatic heterocycles. The van der Waals surface area contributed by atoms with E-state index in [1.807, 2.05) is 32.0 Å². The van der Waals surface area contributed by atoms with Crippen LogP contribution in [-0.4, -0.2) is 29.8 Å². The molecule has 2 aromatic rings. The Morgan fingerprint density at radius 1 is 1.08 bits per heavy atom. The molecule has 4 nitrogen and oxygen atoms in total. The Kier molecular flexibility index (Phi) is 6.28. The first kappa shape index (κ1) is 18.6. The largest absolute Gasteiger partial charge is 0.333 e. The molecular formula is C20H23FN2O2. The van der Waals surface area contributed by atoms with E-state index < -0.39 is 0 Å². The average Bonchev–Trinajstić information content (AvgIpc) is 2.57. The van der Waals surface area contributed by atoms with Gasteiger partial charge in [-0.05, 0) is 49.1 Å². The highest BCUT2D eigenvalue weighted by Crippen LogP contribution is 2.18. The Labute approximate surface area is 147 Å². The number of benzene rings is 2. The Hall–Kier alpha value is -2.69. The Balaban J connectivity index is 1.99. The van der Waals surface area contributed by atoms with Crippen LogP contribution in [-0.2, 0) is 16.0 Å². The molecule has 1 N–H and O–H groups in total. The molecular weight excluding hydrogens is 319 g/mol. The smallest absolute Gasteiger partial charge is 0.244 e. The van der Waals surface area contributed by atoms with Gasteiger partial charge in [0.2, 0.25) is 11.8 Å². The lowest BCUT2D eigenvalue weighted by Crippen LogP contribution is -2.38. The number of carbonyl (C=O) groups is 2. The predicted molar refractivity (Wildman–Crippen MR) is 96.9 cm³/mol. The molecule has 0 atom stereocenters. The summed E-state index contributed by atoms with van der Waals surface area (Å²) >= 11 is 0. The van der Waals surface area contributed by atoms with Crippen LogP contribution >= 0.6 is 0 Å². The van der Waals surface area contributed by atoms with Gasteiger partial charge in [0.05, 0.1) is 6.54 Å². The zero-order valence-electron chi connectivity index (χ0n) is 14.8. The molecule has 2 aromatic carbocycles. The molecule has 0 aromatic heterocycles. The van der Waals surface area contributed by atoms with E-state index in [-0.39, 0.29) is 30.7 Å². The van der Waals surface area contributed by atoms with E-state index in [4.69, 9.17) is 0 Å². The van der Waals surface area contributed by atoms with Crippen molar-refractivity contribution in [3.8, 4) is 0 Å². The van der Waals surface area contributed by atoms with Crippen LogP contribution < -0.4 is 5.32 Å². The number of hydrogen-bond donors (Lipinski definition) is 1. The summed E-state index contributed by atoms with van der Waals surface area (Å²) in [6.45, 7) is 5.55. The number of nitrogens with zero attached hydrogens (tertiary/aromatic N) is 1. The van der Waals surface area contributed by atoms with Gasteiger partial charge in [-0.2, -0.15) is 0 Å². The van der Waals surface area contributed by atoms with Crippen molar-refractivity contribution in [2.24, 2.45) is 0 Å². The second-order valence-electron chi connectivity index (χ2n) is 6.08. The molecule has 5 heteroatoms. The molecule has 0 fully saturated rings. The first-order valence-corrected chi connectivity index (χ1v) is 8.23. The topological polar surface area (TPSA) is 49.4 Å². The van der Waals surface area contributed by atoms with Crippen molar-refractivity contribution in [2.45, 2.75) is 27.2 Å². The van der Waals surface area contributed by atoms with Crippen LogP contribution in [0.1, 0.15) is 23.6 Å². The van der Waals surface area contributed by atoms with E-state index in [1.165, 1.54) is 17.9 Å². The molecule has 2 rings (SSSR count). The fraction of sp³-hybridized carbons (Fsp3) is 0.300. The molecule has 0 spiro atoms. The van der Waals surface area contributed by atoms with Crippen molar-refractivity contribution in [3.63, 3.8) is 0 Å². The maximum atomic E-state index is 13.7. The highest BCUT2D eigenvalue weighted by molar-refractivity contribution is 5.95. The van der Waals surface area contributed by atoms with Gasteiger partial charge in [-0.1, -0.05) is 30.3 Å². The summed E-state index contributed by atoms with van der Waals surface area (Å²) in [7, 11) is 0. The quantitative estimate of drug-likeness (QED) is 0.874. The minimum absolute atomic E-state index is 0.0584. The van der Waals surface area contributed by atoms with Crippen LogP contribution in [0.15, 0.2) is 42.5 Å². The summed E-state index contributed by atoms with van der Waals surface area (Å²) < 4.78 is 13.7. The van der Waals surface area contributed by atoms with Crippen LogP contribution in [0.2, 0.25) is 0 Å². The summed E-state index contributed by atoms with van der Waals surface area (Å²) in [5, 5.41) is 2.84. The molecule has 0 saturated heterocycles. The normalized spacial score (nSPS) is 10.4. The van der Waals surface area contributed by atoms with Crippen molar-refractivity contribution in [1.82, 2.24) is 4.90 Å². The number of aryl methyl sites for hydroxylation is 1. The van der Waals surface area contributed by atoms with Crippen LogP contribution in [0.25, 0.3) is 0 Å². The van der Waals surface area contributed by atoms with Gasteiger partial charge in [0.25, 0.3) is 0 Å². The van der Waals surface area contributed by atoms with E-state index in [0.717, 1.165) is 16.8 Å². The first-order valence-electron chi connectivity index (χ1n) is 8.23. The summed E-state index contributed by atoms with van der Waals surface area (Å²) in [5.41, 5.74) is 3.35. The van der Waals surface area contributed by atoms with Crippen molar-refractivity contribution in [3.05, 3.63) is 65.0 Å². The Bertz CT molecular complexity index is 774. The molecule has 25 heavy (non-hydrogen) atoms. The minimum Gasteiger partial charge on any atom is -0.333 e. The van der Waals surface area contributed by atoms with Gasteiger partial charge in [0, 0.05) is 19.2 Å². The molecule has 0 unspecified atom stereocenters. The monoisotopic (exact) mass is 342 g/mol. The zero-order chi connectivity index (χ0) is 18.4. The lowest BCUT2D eigenvalue weighted by molar-refractivity contribution is -0.132. The van der Waals surface area contributed by atoms with Crippen molar-refractivity contribution in [1.29, 1.82) is 0 Å². The first-order chi connectivity index (χ1) is 11.9. The zero-order valence-corrected chi connectivity index (χ0v) is 14.8. The third-order valence-electron chi connectivity index (χ3n) is 4.27. The summed E-state index contributed by atoms with van der Waals surface area (Å²) in [4.78, 5) is 25.5. The third kappa shape index (κ3) is 5.14. The van der Waals surface area contributed by atoms with Gasteiger partial charge < -0.3 is 10.2 Å². The fourth-order valence-corrected chi connectivity index (χ4v) is 2.55. The highest BCUT2D eigenvalue weighted by Gasteiger charge is 2.15. The predicted octanol–water partition coefficient (Wildman–Crippen LogP) is 3.47. The number of amides is 2. The van der Waals surface area contributed by atoms with Crippen molar-refractivity contribution >= 4 is 17.5 Å². The maximum Gasteiger partial charge on any atom is 0.244 e. The Morgan fingerprint density at radius 3 is 2.48 bits per heavy atom. The summed E-state index contributed by atoms with van der Waals surface area (Å²) in [5.74, 6) is -0.782. The standard InChI is InChI=1S/C20H23FN2O2/c1-14-7-6-10-19(15(14)2)22-20(25)13-23(16(3)24)12-11-17-8-4-5-9-18(17)21/h4-10H,11-13H2,1-3H3,(H,22,25). The summed E-state index contributed by atoms with van der Waals surface area (Å²) in [6.07, 6.45) is 0.364.